The Morgan fingerprint density at radius 1 is 1.44 bits per heavy atom. The minimum absolute atomic E-state index is 0.0620. The van der Waals surface area contributed by atoms with E-state index in [0.29, 0.717) is 12.2 Å². The summed E-state index contributed by atoms with van der Waals surface area (Å²) >= 11 is 0. The van der Waals surface area contributed by atoms with Gasteiger partial charge in [-0.3, -0.25) is 4.79 Å². The second-order valence-corrected chi connectivity index (χ2v) is 3.34. The first-order valence-electron chi connectivity index (χ1n) is 5.38. The van der Waals surface area contributed by atoms with Crippen molar-refractivity contribution in [2.45, 2.75) is 19.4 Å². The SMILES string of the molecule is CCC(Oc1ccccc1)C(=O)NCCO. The van der Waals surface area contributed by atoms with Gasteiger partial charge in [-0.05, 0) is 18.6 Å². The summed E-state index contributed by atoms with van der Waals surface area (Å²) in [4.78, 5) is 11.6. The van der Waals surface area contributed by atoms with Gasteiger partial charge in [0.25, 0.3) is 5.91 Å². The van der Waals surface area contributed by atoms with Crippen LogP contribution in [0.25, 0.3) is 0 Å². The molecule has 1 atom stereocenters. The standard InChI is InChI=1S/C12H17NO3/c1-2-11(12(15)13-8-9-14)16-10-6-4-3-5-7-10/h3-7,11,14H,2,8-9H2,1H3,(H,13,15). The van der Waals surface area contributed by atoms with Crippen LogP contribution >= 0.6 is 0 Å². The molecule has 1 amide bonds. The third-order valence-corrected chi connectivity index (χ3v) is 2.10. The largest absolute Gasteiger partial charge is 0.481 e. The lowest BCUT2D eigenvalue weighted by Gasteiger charge is -2.16. The van der Waals surface area contributed by atoms with Crippen molar-refractivity contribution >= 4 is 5.91 Å². The summed E-state index contributed by atoms with van der Waals surface area (Å²) < 4.78 is 5.53. The zero-order chi connectivity index (χ0) is 11.8. The van der Waals surface area contributed by atoms with Gasteiger partial charge in [0, 0.05) is 6.54 Å². The van der Waals surface area contributed by atoms with E-state index in [-0.39, 0.29) is 19.1 Å². The van der Waals surface area contributed by atoms with Crippen molar-refractivity contribution in [3.8, 4) is 5.75 Å². The second kappa shape index (κ2) is 6.85. The molecular formula is C12H17NO3. The molecule has 0 heterocycles. The summed E-state index contributed by atoms with van der Waals surface area (Å²) in [7, 11) is 0. The predicted molar refractivity (Wildman–Crippen MR) is 61.2 cm³/mol. The number of benzene rings is 1. The fourth-order valence-electron chi connectivity index (χ4n) is 1.28. The Bertz CT molecular complexity index is 313. The summed E-state index contributed by atoms with van der Waals surface area (Å²) in [5.74, 6) is 0.480. The summed E-state index contributed by atoms with van der Waals surface area (Å²) in [5.41, 5.74) is 0. The maximum Gasteiger partial charge on any atom is 0.261 e. The normalized spacial score (nSPS) is 11.9. The van der Waals surface area contributed by atoms with Gasteiger partial charge in [0.1, 0.15) is 5.75 Å². The second-order valence-electron chi connectivity index (χ2n) is 3.34. The molecule has 0 saturated carbocycles. The van der Waals surface area contributed by atoms with Crippen LogP contribution in [0.2, 0.25) is 0 Å². The van der Waals surface area contributed by atoms with Gasteiger partial charge in [-0.25, -0.2) is 0 Å². The van der Waals surface area contributed by atoms with Crippen LogP contribution in [0.1, 0.15) is 13.3 Å². The summed E-state index contributed by atoms with van der Waals surface area (Å²) in [6, 6.07) is 9.21. The van der Waals surface area contributed by atoms with Crippen LogP contribution in [-0.2, 0) is 4.79 Å². The van der Waals surface area contributed by atoms with E-state index in [0.717, 1.165) is 0 Å². The number of rotatable bonds is 6. The fraction of sp³-hybridized carbons (Fsp3) is 0.417. The van der Waals surface area contributed by atoms with Gasteiger partial charge < -0.3 is 15.2 Å². The minimum atomic E-state index is -0.506. The first-order valence-corrected chi connectivity index (χ1v) is 5.38. The molecule has 1 aromatic carbocycles. The van der Waals surface area contributed by atoms with Crippen molar-refractivity contribution in [1.82, 2.24) is 5.32 Å². The molecule has 4 heteroatoms. The summed E-state index contributed by atoms with van der Waals surface area (Å²) in [5, 5.41) is 11.2. The molecule has 1 rings (SSSR count). The number of aliphatic hydroxyl groups excluding tert-OH is 1. The van der Waals surface area contributed by atoms with Crippen molar-refractivity contribution in [3.05, 3.63) is 30.3 Å². The Kier molecular flexibility index (Phi) is 5.36. The van der Waals surface area contributed by atoms with Crippen LogP contribution < -0.4 is 10.1 Å². The number of aliphatic hydroxyl groups is 1. The van der Waals surface area contributed by atoms with Gasteiger partial charge in [-0.1, -0.05) is 25.1 Å². The van der Waals surface area contributed by atoms with Crippen LogP contribution in [0.15, 0.2) is 30.3 Å². The predicted octanol–water partition coefficient (Wildman–Crippen LogP) is 0.952. The molecular weight excluding hydrogens is 206 g/mol. The van der Waals surface area contributed by atoms with Crippen molar-refractivity contribution < 1.29 is 14.6 Å². The number of hydrogen-bond acceptors (Lipinski definition) is 3. The van der Waals surface area contributed by atoms with Gasteiger partial charge in [0.05, 0.1) is 6.61 Å². The molecule has 0 radical (unpaired) electrons. The maximum absolute atomic E-state index is 11.6. The molecule has 4 nitrogen and oxygen atoms in total. The Balaban J connectivity index is 2.52. The Morgan fingerprint density at radius 3 is 2.69 bits per heavy atom. The molecule has 0 aromatic heterocycles. The monoisotopic (exact) mass is 223 g/mol. The van der Waals surface area contributed by atoms with Crippen LogP contribution in [0.3, 0.4) is 0 Å². The van der Waals surface area contributed by atoms with Gasteiger partial charge >= 0.3 is 0 Å². The van der Waals surface area contributed by atoms with E-state index in [1.165, 1.54) is 0 Å². The third kappa shape index (κ3) is 3.90. The number of para-hydroxylation sites is 1. The third-order valence-electron chi connectivity index (χ3n) is 2.10. The van der Waals surface area contributed by atoms with Crippen molar-refractivity contribution in [2.24, 2.45) is 0 Å². The molecule has 88 valence electrons. The van der Waals surface area contributed by atoms with Crippen LogP contribution in [0, 0.1) is 0 Å². The maximum atomic E-state index is 11.6. The average Bonchev–Trinajstić information content (AvgIpc) is 2.34. The van der Waals surface area contributed by atoms with Crippen LogP contribution in [0.5, 0.6) is 5.75 Å². The van der Waals surface area contributed by atoms with Crippen molar-refractivity contribution in [1.29, 1.82) is 0 Å². The van der Waals surface area contributed by atoms with Gasteiger partial charge in [-0.2, -0.15) is 0 Å². The molecule has 16 heavy (non-hydrogen) atoms. The molecule has 1 aromatic rings. The van der Waals surface area contributed by atoms with E-state index in [1.54, 1.807) is 0 Å². The number of ether oxygens (including phenoxy) is 1. The minimum Gasteiger partial charge on any atom is -0.481 e. The summed E-state index contributed by atoms with van der Waals surface area (Å²) in [6.07, 6.45) is 0.0838. The highest BCUT2D eigenvalue weighted by atomic mass is 16.5. The van der Waals surface area contributed by atoms with E-state index in [2.05, 4.69) is 5.32 Å². The average molecular weight is 223 g/mol. The first-order chi connectivity index (χ1) is 7.77. The lowest BCUT2D eigenvalue weighted by atomic mass is 10.2. The lowest BCUT2D eigenvalue weighted by molar-refractivity contribution is -0.128. The van der Waals surface area contributed by atoms with Crippen molar-refractivity contribution in [2.75, 3.05) is 13.2 Å². The topological polar surface area (TPSA) is 58.6 Å². The van der Waals surface area contributed by atoms with E-state index in [9.17, 15) is 4.79 Å². The molecule has 0 spiro atoms. The van der Waals surface area contributed by atoms with E-state index in [4.69, 9.17) is 9.84 Å². The lowest BCUT2D eigenvalue weighted by Crippen LogP contribution is -2.39. The number of carbonyl (C=O) groups excluding carboxylic acids is 1. The molecule has 0 saturated heterocycles. The Hall–Kier alpha value is -1.55. The number of carbonyl (C=O) groups is 1. The van der Waals surface area contributed by atoms with Crippen LogP contribution in [0.4, 0.5) is 0 Å². The van der Waals surface area contributed by atoms with Gasteiger partial charge in [0.2, 0.25) is 0 Å². The number of amides is 1. The highest BCUT2D eigenvalue weighted by molar-refractivity contribution is 5.81. The number of nitrogens with one attached hydrogen (secondary N) is 1. The van der Waals surface area contributed by atoms with Crippen LogP contribution in [-0.4, -0.2) is 30.3 Å². The summed E-state index contributed by atoms with van der Waals surface area (Å²) in [6.45, 7) is 2.08. The highest BCUT2D eigenvalue weighted by Crippen LogP contribution is 2.12. The molecule has 0 bridgehead atoms. The number of hydrogen-bond donors (Lipinski definition) is 2. The smallest absolute Gasteiger partial charge is 0.261 e. The van der Waals surface area contributed by atoms with Gasteiger partial charge in [-0.15, -0.1) is 0 Å². The molecule has 0 fully saturated rings. The first kappa shape index (κ1) is 12.5. The van der Waals surface area contributed by atoms with E-state index >= 15 is 0 Å². The fourth-order valence-corrected chi connectivity index (χ4v) is 1.28. The quantitative estimate of drug-likeness (QED) is 0.755. The van der Waals surface area contributed by atoms with Crippen molar-refractivity contribution in [3.63, 3.8) is 0 Å². The molecule has 0 aliphatic heterocycles. The van der Waals surface area contributed by atoms with E-state index < -0.39 is 6.10 Å². The van der Waals surface area contributed by atoms with Gasteiger partial charge in [0.15, 0.2) is 6.10 Å². The zero-order valence-electron chi connectivity index (χ0n) is 9.35. The Labute approximate surface area is 95.2 Å². The zero-order valence-corrected chi connectivity index (χ0v) is 9.35. The molecule has 1 unspecified atom stereocenters. The molecule has 2 N–H and O–H groups in total. The Morgan fingerprint density at radius 2 is 2.12 bits per heavy atom. The molecule has 0 aliphatic rings. The highest BCUT2D eigenvalue weighted by Gasteiger charge is 2.17. The van der Waals surface area contributed by atoms with E-state index in [1.807, 2.05) is 37.3 Å². The molecule has 0 aliphatic carbocycles.